The number of nitrogen functional groups attached to an aromatic ring is 1. The maximum Gasteiger partial charge on any atom is 0.407 e. The molecule has 0 spiro atoms. The average Bonchev–Trinajstić information content (AvgIpc) is 2.27. The van der Waals surface area contributed by atoms with E-state index in [9.17, 15) is 4.79 Å². The highest BCUT2D eigenvalue weighted by Crippen LogP contribution is 2.23. The third kappa shape index (κ3) is 6.20. The van der Waals surface area contributed by atoms with Crippen LogP contribution in [0.5, 0.6) is 5.75 Å². The predicted molar refractivity (Wildman–Crippen MR) is 75.6 cm³/mol. The lowest BCUT2D eigenvalue weighted by atomic mass is 10.2. The number of hydrogen-bond donors (Lipinski definition) is 2. The van der Waals surface area contributed by atoms with Crippen LogP contribution in [0.1, 0.15) is 20.8 Å². The Hall–Kier alpha value is -1.62. The first-order valence-electron chi connectivity index (χ1n) is 5.92. The summed E-state index contributed by atoms with van der Waals surface area (Å²) in [6.45, 7) is 6.08. The fourth-order valence-electron chi connectivity index (χ4n) is 1.23. The Morgan fingerprint density at radius 1 is 1.42 bits per heavy atom. The van der Waals surface area contributed by atoms with E-state index < -0.39 is 11.7 Å². The van der Waals surface area contributed by atoms with Gasteiger partial charge in [0.2, 0.25) is 0 Å². The van der Waals surface area contributed by atoms with Crippen molar-refractivity contribution in [1.29, 1.82) is 0 Å². The first-order valence-corrected chi connectivity index (χ1v) is 6.30. The zero-order valence-electron chi connectivity index (χ0n) is 11.3. The van der Waals surface area contributed by atoms with Crippen molar-refractivity contribution in [2.75, 3.05) is 18.9 Å². The molecule has 0 bridgehead atoms. The SMILES string of the molecule is CC(C)(C)OC(=O)NCCOc1ccc(N)c(Cl)c1. The maximum absolute atomic E-state index is 11.3. The van der Waals surface area contributed by atoms with Gasteiger partial charge in [0.05, 0.1) is 17.3 Å². The second-order valence-electron chi connectivity index (χ2n) is 4.96. The van der Waals surface area contributed by atoms with Gasteiger partial charge in [-0.25, -0.2) is 4.79 Å². The van der Waals surface area contributed by atoms with E-state index in [1.54, 1.807) is 39.0 Å². The van der Waals surface area contributed by atoms with Gasteiger partial charge in [-0.3, -0.25) is 0 Å². The lowest BCUT2D eigenvalue weighted by molar-refractivity contribution is 0.0520. The Bertz CT molecular complexity index is 444. The van der Waals surface area contributed by atoms with Gasteiger partial charge >= 0.3 is 6.09 Å². The molecule has 1 rings (SSSR count). The standard InChI is InChI=1S/C13H19ClN2O3/c1-13(2,3)19-12(17)16-6-7-18-9-4-5-11(15)10(14)8-9/h4-5,8H,6-7,15H2,1-3H3,(H,16,17). The van der Waals surface area contributed by atoms with E-state index in [2.05, 4.69) is 5.32 Å². The van der Waals surface area contributed by atoms with Crippen LogP contribution in [-0.4, -0.2) is 24.8 Å². The number of carbonyl (C=O) groups is 1. The van der Waals surface area contributed by atoms with Gasteiger partial charge in [-0.05, 0) is 32.9 Å². The molecule has 6 heteroatoms. The molecule has 1 aromatic carbocycles. The molecule has 0 atom stereocenters. The lowest BCUT2D eigenvalue weighted by Gasteiger charge is -2.19. The summed E-state index contributed by atoms with van der Waals surface area (Å²) >= 11 is 5.85. The Kier molecular flexibility index (Phi) is 5.30. The largest absolute Gasteiger partial charge is 0.492 e. The van der Waals surface area contributed by atoms with Crippen molar-refractivity contribution in [3.8, 4) is 5.75 Å². The number of nitrogens with one attached hydrogen (secondary N) is 1. The minimum absolute atomic E-state index is 0.319. The molecule has 1 amide bonds. The van der Waals surface area contributed by atoms with Gasteiger partial charge in [-0.1, -0.05) is 11.6 Å². The van der Waals surface area contributed by atoms with Crippen LogP contribution in [0.2, 0.25) is 5.02 Å². The molecule has 0 aliphatic carbocycles. The number of rotatable bonds is 4. The zero-order chi connectivity index (χ0) is 14.5. The predicted octanol–water partition coefficient (Wildman–Crippen LogP) is 2.83. The van der Waals surface area contributed by atoms with Crippen molar-refractivity contribution < 1.29 is 14.3 Å². The van der Waals surface area contributed by atoms with Crippen molar-refractivity contribution in [3.63, 3.8) is 0 Å². The normalized spacial score (nSPS) is 10.9. The van der Waals surface area contributed by atoms with Crippen molar-refractivity contribution in [2.24, 2.45) is 0 Å². The van der Waals surface area contributed by atoms with E-state index >= 15 is 0 Å². The van der Waals surface area contributed by atoms with Crippen LogP contribution < -0.4 is 15.8 Å². The minimum Gasteiger partial charge on any atom is -0.492 e. The first kappa shape index (κ1) is 15.4. The highest BCUT2D eigenvalue weighted by molar-refractivity contribution is 6.33. The van der Waals surface area contributed by atoms with Gasteiger partial charge in [-0.15, -0.1) is 0 Å². The number of nitrogens with two attached hydrogens (primary N) is 1. The molecular weight excluding hydrogens is 268 g/mol. The summed E-state index contributed by atoms with van der Waals surface area (Å²) in [7, 11) is 0. The van der Waals surface area contributed by atoms with Crippen LogP contribution >= 0.6 is 11.6 Å². The molecule has 0 saturated heterocycles. The third-order valence-electron chi connectivity index (χ3n) is 2.01. The maximum atomic E-state index is 11.3. The molecule has 106 valence electrons. The molecule has 0 unspecified atom stereocenters. The number of alkyl carbamates (subject to hydrolysis) is 1. The summed E-state index contributed by atoms with van der Waals surface area (Å²) < 4.78 is 10.5. The Labute approximate surface area is 118 Å². The van der Waals surface area contributed by atoms with Gasteiger partial charge in [0.25, 0.3) is 0 Å². The molecule has 0 heterocycles. The molecule has 1 aromatic rings. The lowest BCUT2D eigenvalue weighted by Crippen LogP contribution is -2.34. The molecule has 0 radical (unpaired) electrons. The Morgan fingerprint density at radius 3 is 2.68 bits per heavy atom. The molecule has 0 aliphatic heterocycles. The molecule has 0 saturated carbocycles. The van der Waals surface area contributed by atoms with E-state index in [1.165, 1.54) is 0 Å². The molecule has 5 nitrogen and oxygen atoms in total. The van der Waals surface area contributed by atoms with Gasteiger partial charge in [0.15, 0.2) is 0 Å². The van der Waals surface area contributed by atoms with E-state index in [1.807, 2.05) is 0 Å². The average molecular weight is 287 g/mol. The number of ether oxygens (including phenoxy) is 2. The number of hydrogen-bond acceptors (Lipinski definition) is 4. The minimum atomic E-state index is -0.505. The van der Waals surface area contributed by atoms with E-state index in [4.69, 9.17) is 26.8 Å². The van der Waals surface area contributed by atoms with Crippen LogP contribution in [0.3, 0.4) is 0 Å². The number of halogens is 1. The zero-order valence-corrected chi connectivity index (χ0v) is 12.1. The van der Waals surface area contributed by atoms with Crippen LogP contribution in [-0.2, 0) is 4.74 Å². The monoisotopic (exact) mass is 286 g/mol. The number of benzene rings is 1. The molecule has 0 aromatic heterocycles. The molecule has 19 heavy (non-hydrogen) atoms. The summed E-state index contributed by atoms with van der Waals surface area (Å²) in [6, 6.07) is 5.01. The second kappa shape index (κ2) is 6.52. The highest BCUT2D eigenvalue weighted by atomic mass is 35.5. The Morgan fingerprint density at radius 2 is 2.11 bits per heavy atom. The van der Waals surface area contributed by atoms with Gasteiger partial charge < -0.3 is 20.5 Å². The Balaban J connectivity index is 2.27. The van der Waals surface area contributed by atoms with Crippen molar-refractivity contribution in [3.05, 3.63) is 23.2 Å². The number of amides is 1. The van der Waals surface area contributed by atoms with E-state index in [0.29, 0.717) is 29.6 Å². The van der Waals surface area contributed by atoms with Gasteiger partial charge in [0, 0.05) is 6.07 Å². The smallest absolute Gasteiger partial charge is 0.407 e. The van der Waals surface area contributed by atoms with E-state index in [0.717, 1.165) is 0 Å². The highest BCUT2D eigenvalue weighted by Gasteiger charge is 2.15. The molecule has 0 aliphatic rings. The second-order valence-corrected chi connectivity index (χ2v) is 5.37. The van der Waals surface area contributed by atoms with Crippen LogP contribution in [0.4, 0.5) is 10.5 Å². The summed E-state index contributed by atoms with van der Waals surface area (Å²) in [5.41, 5.74) is 5.58. The molecule has 3 N–H and O–H groups in total. The number of anilines is 1. The fraction of sp³-hybridized carbons (Fsp3) is 0.462. The quantitative estimate of drug-likeness (QED) is 0.659. The fourth-order valence-corrected chi connectivity index (χ4v) is 1.40. The van der Waals surface area contributed by atoms with Crippen LogP contribution in [0.25, 0.3) is 0 Å². The third-order valence-corrected chi connectivity index (χ3v) is 2.34. The topological polar surface area (TPSA) is 73.6 Å². The molecular formula is C13H19ClN2O3. The summed E-state index contributed by atoms with van der Waals surface area (Å²) in [5.74, 6) is 0.602. The van der Waals surface area contributed by atoms with E-state index in [-0.39, 0.29) is 0 Å². The van der Waals surface area contributed by atoms with Crippen LogP contribution in [0, 0.1) is 0 Å². The van der Waals surface area contributed by atoms with Crippen LogP contribution in [0.15, 0.2) is 18.2 Å². The summed E-state index contributed by atoms with van der Waals surface area (Å²) in [5, 5.41) is 3.03. The number of carbonyl (C=O) groups excluding carboxylic acids is 1. The van der Waals surface area contributed by atoms with Gasteiger partial charge in [0.1, 0.15) is 18.0 Å². The van der Waals surface area contributed by atoms with Crippen molar-refractivity contribution >= 4 is 23.4 Å². The summed E-state index contributed by atoms with van der Waals surface area (Å²) in [4.78, 5) is 11.3. The summed E-state index contributed by atoms with van der Waals surface area (Å²) in [6.07, 6.45) is -0.466. The van der Waals surface area contributed by atoms with Crippen molar-refractivity contribution in [2.45, 2.75) is 26.4 Å². The van der Waals surface area contributed by atoms with Crippen molar-refractivity contribution in [1.82, 2.24) is 5.32 Å². The first-order chi connectivity index (χ1) is 8.78. The molecule has 0 fully saturated rings. The van der Waals surface area contributed by atoms with Gasteiger partial charge in [-0.2, -0.15) is 0 Å².